The minimum absolute atomic E-state index is 0.206. The smallest absolute Gasteiger partial charge is 0.123 e. The van der Waals surface area contributed by atoms with Crippen LogP contribution in [0, 0.1) is 12.8 Å². The first-order chi connectivity index (χ1) is 7.54. The second kappa shape index (κ2) is 6.26. The molecule has 0 saturated heterocycles. The fourth-order valence-electron chi connectivity index (χ4n) is 1.48. The molecular formula is C13H20BrNO. The van der Waals surface area contributed by atoms with E-state index in [1.807, 2.05) is 19.2 Å². The lowest BCUT2D eigenvalue weighted by molar-refractivity contribution is 0.150. The van der Waals surface area contributed by atoms with Gasteiger partial charge in [0.25, 0.3) is 0 Å². The number of likely N-dealkylation sites (N-methyl/N-ethyl adjacent to an activating group) is 1. The largest absolute Gasteiger partial charge is 0.489 e. The molecule has 2 nitrogen and oxygen atoms in total. The minimum Gasteiger partial charge on any atom is -0.489 e. The molecule has 1 aromatic carbocycles. The highest BCUT2D eigenvalue weighted by atomic mass is 79.9. The number of nitrogens with one attached hydrogen (secondary N) is 1. The molecule has 1 N–H and O–H groups in total. The van der Waals surface area contributed by atoms with Crippen molar-refractivity contribution in [3.05, 3.63) is 28.2 Å². The zero-order valence-electron chi connectivity index (χ0n) is 10.4. The van der Waals surface area contributed by atoms with Crippen LogP contribution in [0.3, 0.4) is 0 Å². The summed E-state index contributed by atoms with van der Waals surface area (Å²) < 4.78 is 7.09. The molecule has 0 heterocycles. The van der Waals surface area contributed by atoms with E-state index in [9.17, 15) is 0 Å². The van der Waals surface area contributed by atoms with E-state index in [1.54, 1.807) is 0 Å². The Morgan fingerprint density at radius 1 is 1.38 bits per heavy atom. The number of aryl methyl sites for hydroxylation is 1. The van der Waals surface area contributed by atoms with Gasteiger partial charge < -0.3 is 10.1 Å². The molecule has 0 amide bonds. The zero-order chi connectivity index (χ0) is 12.1. The van der Waals surface area contributed by atoms with Gasteiger partial charge in [-0.1, -0.05) is 35.8 Å². The minimum atomic E-state index is 0.206. The van der Waals surface area contributed by atoms with Crippen LogP contribution in [0.1, 0.15) is 19.4 Å². The van der Waals surface area contributed by atoms with Crippen molar-refractivity contribution in [3.63, 3.8) is 0 Å². The summed E-state index contributed by atoms with van der Waals surface area (Å²) in [5.41, 5.74) is 1.17. The monoisotopic (exact) mass is 285 g/mol. The van der Waals surface area contributed by atoms with Crippen molar-refractivity contribution in [2.45, 2.75) is 26.9 Å². The van der Waals surface area contributed by atoms with Gasteiger partial charge in [0.1, 0.15) is 11.9 Å². The van der Waals surface area contributed by atoms with Crippen LogP contribution in [0.4, 0.5) is 0 Å². The van der Waals surface area contributed by atoms with Gasteiger partial charge in [0.15, 0.2) is 0 Å². The number of halogens is 1. The van der Waals surface area contributed by atoms with Gasteiger partial charge in [-0.15, -0.1) is 0 Å². The predicted molar refractivity (Wildman–Crippen MR) is 72.1 cm³/mol. The first-order valence-corrected chi connectivity index (χ1v) is 6.41. The van der Waals surface area contributed by atoms with Crippen LogP contribution in [0.5, 0.6) is 5.75 Å². The van der Waals surface area contributed by atoms with Gasteiger partial charge in [-0.2, -0.15) is 0 Å². The topological polar surface area (TPSA) is 21.3 Å². The van der Waals surface area contributed by atoms with Crippen molar-refractivity contribution in [2.75, 3.05) is 13.6 Å². The molecule has 16 heavy (non-hydrogen) atoms. The maximum Gasteiger partial charge on any atom is 0.123 e. The quantitative estimate of drug-likeness (QED) is 0.896. The van der Waals surface area contributed by atoms with Crippen molar-refractivity contribution in [1.82, 2.24) is 5.32 Å². The molecule has 0 aliphatic carbocycles. The van der Waals surface area contributed by atoms with Crippen LogP contribution < -0.4 is 10.1 Å². The van der Waals surface area contributed by atoms with Crippen molar-refractivity contribution in [1.29, 1.82) is 0 Å². The average molecular weight is 286 g/mol. The molecule has 3 heteroatoms. The molecule has 0 aliphatic heterocycles. The van der Waals surface area contributed by atoms with Gasteiger partial charge in [0.05, 0.1) is 0 Å². The number of ether oxygens (including phenoxy) is 1. The predicted octanol–water partition coefficient (Wildman–Crippen LogP) is 3.38. The van der Waals surface area contributed by atoms with E-state index < -0.39 is 0 Å². The summed E-state index contributed by atoms with van der Waals surface area (Å²) in [6, 6.07) is 6.13. The summed E-state index contributed by atoms with van der Waals surface area (Å²) in [5, 5.41) is 3.17. The average Bonchev–Trinajstić information content (AvgIpc) is 2.22. The molecule has 0 fully saturated rings. The summed E-state index contributed by atoms with van der Waals surface area (Å²) in [7, 11) is 1.95. The van der Waals surface area contributed by atoms with E-state index in [0.29, 0.717) is 5.92 Å². The van der Waals surface area contributed by atoms with Crippen molar-refractivity contribution in [3.8, 4) is 5.75 Å². The SMILES string of the molecule is CNCC(Oc1cc(Br)ccc1C)C(C)C. The normalized spacial score (nSPS) is 12.9. The highest BCUT2D eigenvalue weighted by molar-refractivity contribution is 9.10. The van der Waals surface area contributed by atoms with E-state index in [2.05, 4.69) is 48.1 Å². The lowest BCUT2D eigenvalue weighted by atomic mass is 10.1. The van der Waals surface area contributed by atoms with Gasteiger partial charge in [-0.3, -0.25) is 0 Å². The number of hydrogen-bond acceptors (Lipinski definition) is 2. The summed E-state index contributed by atoms with van der Waals surface area (Å²) in [4.78, 5) is 0. The number of hydrogen-bond donors (Lipinski definition) is 1. The van der Waals surface area contributed by atoms with Crippen LogP contribution in [0.15, 0.2) is 22.7 Å². The van der Waals surface area contributed by atoms with Crippen LogP contribution in [-0.4, -0.2) is 19.7 Å². The molecule has 1 aromatic rings. The molecule has 1 atom stereocenters. The van der Waals surface area contributed by atoms with Gasteiger partial charge >= 0.3 is 0 Å². The van der Waals surface area contributed by atoms with E-state index in [-0.39, 0.29) is 6.10 Å². The molecule has 0 bridgehead atoms. The van der Waals surface area contributed by atoms with Crippen molar-refractivity contribution >= 4 is 15.9 Å². The Balaban J connectivity index is 2.80. The Morgan fingerprint density at radius 2 is 2.06 bits per heavy atom. The van der Waals surface area contributed by atoms with E-state index in [4.69, 9.17) is 4.74 Å². The van der Waals surface area contributed by atoms with Crippen LogP contribution in [0.2, 0.25) is 0 Å². The first kappa shape index (κ1) is 13.5. The molecular weight excluding hydrogens is 266 g/mol. The van der Waals surface area contributed by atoms with E-state index >= 15 is 0 Å². The molecule has 0 saturated carbocycles. The molecule has 1 rings (SSSR count). The van der Waals surface area contributed by atoms with Crippen LogP contribution in [-0.2, 0) is 0 Å². The summed E-state index contributed by atoms with van der Waals surface area (Å²) >= 11 is 3.47. The Kier molecular flexibility index (Phi) is 5.29. The summed E-state index contributed by atoms with van der Waals surface area (Å²) in [6.45, 7) is 7.28. The second-order valence-corrected chi connectivity index (χ2v) is 5.28. The van der Waals surface area contributed by atoms with Crippen LogP contribution >= 0.6 is 15.9 Å². The van der Waals surface area contributed by atoms with Crippen LogP contribution in [0.25, 0.3) is 0 Å². The summed E-state index contributed by atoms with van der Waals surface area (Å²) in [5.74, 6) is 1.45. The fraction of sp³-hybridized carbons (Fsp3) is 0.538. The molecule has 90 valence electrons. The fourth-order valence-corrected chi connectivity index (χ4v) is 1.82. The maximum atomic E-state index is 6.04. The van der Waals surface area contributed by atoms with E-state index in [0.717, 1.165) is 16.8 Å². The first-order valence-electron chi connectivity index (χ1n) is 5.62. The standard InChI is InChI=1S/C13H20BrNO/c1-9(2)13(8-15-4)16-12-7-11(14)6-5-10(12)3/h5-7,9,13,15H,8H2,1-4H3. The van der Waals surface area contributed by atoms with Gasteiger partial charge in [0.2, 0.25) is 0 Å². The molecule has 0 aromatic heterocycles. The van der Waals surface area contributed by atoms with Crippen molar-refractivity contribution < 1.29 is 4.74 Å². The Hall–Kier alpha value is -0.540. The third-order valence-electron chi connectivity index (χ3n) is 2.58. The number of benzene rings is 1. The third kappa shape index (κ3) is 3.80. The third-order valence-corrected chi connectivity index (χ3v) is 3.07. The molecule has 0 radical (unpaired) electrons. The molecule has 0 spiro atoms. The number of rotatable bonds is 5. The Labute approximate surface area is 107 Å². The zero-order valence-corrected chi connectivity index (χ0v) is 12.0. The molecule has 0 aliphatic rings. The lowest BCUT2D eigenvalue weighted by Crippen LogP contribution is -2.33. The van der Waals surface area contributed by atoms with Crippen molar-refractivity contribution in [2.24, 2.45) is 5.92 Å². The maximum absolute atomic E-state index is 6.04. The van der Waals surface area contributed by atoms with Gasteiger partial charge in [-0.25, -0.2) is 0 Å². The second-order valence-electron chi connectivity index (χ2n) is 4.37. The molecule has 1 unspecified atom stereocenters. The Bertz CT molecular complexity index is 339. The Morgan fingerprint density at radius 3 is 2.62 bits per heavy atom. The van der Waals surface area contributed by atoms with E-state index in [1.165, 1.54) is 5.56 Å². The lowest BCUT2D eigenvalue weighted by Gasteiger charge is -2.23. The summed E-state index contributed by atoms with van der Waals surface area (Å²) in [6.07, 6.45) is 0.206. The highest BCUT2D eigenvalue weighted by Crippen LogP contribution is 2.25. The van der Waals surface area contributed by atoms with Gasteiger partial charge in [0, 0.05) is 11.0 Å². The van der Waals surface area contributed by atoms with Gasteiger partial charge in [-0.05, 0) is 37.6 Å². The highest BCUT2D eigenvalue weighted by Gasteiger charge is 2.15.